The maximum atomic E-state index is 4.65. The average Bonchev–Trinajstić information content (AvgIpc) is 2.78. The summed E-state index contributed by atoms with van der Waals surface area (Å²) in [6.07, 6.45) is 5.28. The van der Waals surface area contributed by atoms with Crippen molar-refractivity contribution in [3.05, 3.63) is 30.2 Å². The predicted molar refractivity (Wildman–Crippen MR) is 105 cm³/mol. The lowest BCUT2D eigenvalue weighted by molar-refractivity contribution is 0.246. The highest BCUT2D eigenvalue weighted by atomic mass is 15.0. The second-order valence-corrected chi connectivity index (χ2v) is 10.4. The van der Waals surface area contributed by atoms with Gasteiger partial charge in [-0.05, 0) is 29.4 Å². The minimum absolute atomic E-state index is 0.0988. The van der Waals surface area contributed by atoms with Crippen LogP contribution in [0.4, 0.5) is 5.69 Å². The number of aromatic nitrogens is 2. The highest BCUT2D eigenvalue weighted by Gasteiger charge is 2.29. The summed E-state index contributed by atoms with van der Waals surface area (Å²) in [4.78, 5) is 4.65. The Balaban J connectivity index is 2.37. The lowest BCUT2D eigenvalue weighted by Crippen LogP contribution is -2.37. The molecule has 2 rings (SSSR count). The molecule has 0 bridgehead atoms. The number of hydrogen-bond donors (Lipinski definition) is 1. The van der Waals surface area contributed by atoms with Crippen LogP contribution in [0.15, 0.2) is 24.5 Å². The van der Waals surface area contributed by atoms with Crippen molar-refractivity contribution in [1.82, 2.24) is 9.38 Å². The van der Waals surface area contributed by atoms with Crippen molar-refractivity contribution in [2.45, 2.75) is 80.2 Å². The first kappa shape index (κ1) is 18.8. The van der Waals surface area contributed by atoms with Crippen LogP contribution in [-0.2, 0) is 5.41 Å². The average molecular weight is 330 g/mol. The maximum Gasteiger partial charge on any atom is 0.136 e. The van der Waals surface area contributed by atoms with Crippen molar-refractivity contribution in [1.29, 1.82) is 0 Å². The molecular formula is C21H35N3. The number of hydrogen-bond acceptors (Lipinski definition) is 2. The zero-order chi connectivity index (χ0) is 18.3. The molecule has 0 radical (unpaired) electrons. The summed E-state index contributed by atoms with van der Waals surface area (Å²) >= 11 is 0. The first-order valence-electron chi connectivity index (χ1n) is 9.01. The van der Waals surface area contributed by atoms with Gasteiger partial charge in [0.2, 0.25) is 0 Å². The molecule has 0 saturated heterocycles. The van der Waals surface area contributed by atoms with E-state index in [-0.39, 0.29) is 16.2 Å². The largest absolute Gasteiger partial charge is 0.379 e. The molecule has 2 aromatic rings. The predicted octanol–water partition coefficient (Wildman–Crippen LogP) is 5.89. The smallest absolute Gasteiger partial charge is 0.136 e. The minimum Gasteiger partial charge on any atom is -0.379 e. The van der Waals surface area contributed by atoms with E-state index in [9.17, 15) is 0 Å². The van der Waals surface area contributed by atoms with Gasteiger partial charge in [0.1, 0.15) is 5.65 Å². The molecule has 0 spiro atoms. The molecule has 0 aliphatic rings. The third-order valence-corrected chi connectivity index (χ3v) is 4.47. The monoisotopic (exact) mass is 329 g/mol. The van der Waals surface area contributed by atoms with Crippen LogP contribution < -0.4 is 5.32 Å². The molecule has 24 heavy (non-hydrogen) atoms. The van der Waals surface area contributed by atoms with E-state index in [2.05, 4.69) is 95.3 Å². The number of anilines is 1. The van der Waals surface area contributed by atoms with E-state index in [1.54, 1.807) is 0 Å². The molecular weight excluding hydrogens is 294 g/mol. The third-order valence-electron chi connectivity index (χ3n) is 4.47. The SMILES string of the molecule is CC(C)(C)CC(Nc1cnc2ccc(C(C)(C)C)n2c1)C(C)(C)C. The summed E-state index contributed by atoms with van der Waals surface area (Å²) in [5, 5.41) is 3.75. The quantitative estimate of drug-likeness (QED) is 0.760. The Hall–Kier alpha value is -1.51. The van der Waals surface area contributed by atoms with Crippen LogP contribution in [0, 0.1) is 10.8 Å². The first-order chi connectivity index (χ1) is 10.8. The van der Waals surface area contributed by atoms with E-state index in [4.69, 9.17) is 0 Å². The van der Waals surface area contributed by atoms with Crippen molar-refractivity contribution in [2.24, 2.45) is 10.8 Å². The van der Waals surface area contributed by atoms with Crippen LogP contribution in [0.5, 0.6) is 0 Å². The van der Waals surface area contributed by atoms with Gasteiger partial charge in [-0.1, -0.05) is 62.3 Å². The fourth-order valence-corrected chi connectivity index (χ4v) is 3.06. The van der Waals surface area contributed by atoms with Gasteiger partial charge < -0.3 is 9.72 Å². The molecule has 0 saturated carbocycles. The maximum absolute atomic E-state index is 4.65. The van der Waals surface area contributed by atoms with E-state index in [1.807, 2.05) is 6.20 Å². The molecule has 1 atom stereocenters. The van der Waals surface area contributed by atoms with Crippen molar-refractivity contribution in [3.8, 4) is 0 Å². The van der Waals surface area contributed by atoms with Gasteiger partial charge in [0.25, 0.3) is 0 Å². The summed E-state index contributed by atoms with van der Waals surface area (Å²) in [5.41, 5.74) is 3.96. The molecule has 3 heteroatoms. The Morgan fingerprint density at radius 3 is 2.12 bits per heavy atom. The molecule has 2 heterocycles. The number of nitrogens with one attached hydrogen (secondary N) is 1. The van der Waals surface area contributed by atoms with Crippen LogP contribution in [0.25, 0.3) is 5.65 Å². The molecule has 0 aromatic carbocycles. The van der Waals surface area contributed by atoms with Gasteiger partial charge in [0, 0.05) is 23.3 Å². The van der Waals surface area contributed by atoms with Crippen molar-refractivity contribution in [3.63, 3.8) is 0 Å². The Morgan fingerprint density at radius 1 is 1.00 bits per heavy atom. The zero-order valence-electron chi connectivity index (χ0n) is 17.0. The Bertz CT molecular complexity index is 690. The van der Waals surface area contributed by atoms with Gasteiger partial charge in [0.05, 0.1) is 11.9 Å². The molecule has 2 aromatic heterocycles. The van der Waals surface area contributed by atoms with E-state index >= 15 is 0 Å². The van der Waals surface area contributed by atoms with Gasteiger partial charge in [-0.3, -0.25) is 0 Å². The van der Waals surface area contributed by atoms with Crippen molar-refractivity contribution >= 4 is 11.3 Å². The lowest BCUT2D eigenvalue weighted by Gasteiger charge is -2.36. The molecule has 3 nitrogen and oxygen atoms in total. The highest BCUT2D eigenvalue weighted by Crippen LogP contribution is 2.33. The zero-order valence-corrected chi connectivity index (χ0v) is 17.0. The van der Waals surface area contributed by atoms with E-state index in [0.717, 1.165) is 17.8 Å². The first-order valence-corrected chi connectivity index (χ1v) is 9.01. The number of rotatable bonds is 3. The second-order valence-electron chi connectivity index (χ2n) is 10.4. The summed E-state index contributed by atoms with van der Waals surface area (Å²) in [5.74, 6) is 0. The van der Waals surface area contributed by atoms with Gasteiger partial charge in [-0.15, -0.1) is 0 Å². The van der Waals surface area contributed by atoms with E-state index < -0.39 is 0 Å². The standard InChI is InChI=1S/C21H35N3/c1-19(2,3)12-16(20(4,5)6)23-15-13-22-18-11-10-17(21(7,8)9)24(18)14-15/h10-11,13-14,16,23H,12H2,1-9H3. The van der Waals surface area contributed by atoms with Crippen LogP contribution in [0.3, 0.4) is 0 Å². The van der Waals surface area contributed by atoms with E-state index in [1.165, 1.54) is 5.69 Å². The van der Waals surface area contributed by atoms with Crippen LogP contribution in [0.1, 0.15) is 74.4 Å². The van der Waals surface area contributed by atoms with Crippen molar-refractivity contribution in [2.75, 3.05) is 5.32 Å². The highest BCUT2D eigenvalue weighted by molar-refractivity contribution is 5.50. The van der Waals surface area contributed by atoms with Gasteiger partial charge in [-0.25, -0.2) is 4.98 Å². The Labute approximate surface area is 147 Å². The second kappa shape index (κ2) is 6.09. The molecule has 0 aliphatic heterocycles. The van der Waals surface area contributed by atoms with E-state index in [0.29, 0.717) is 6.04 Å². The number of nitrogens with zero attached hydrogens (tertiary/aromatic N) is 2. The van der Waals surface area contributed by atoms with Gasteiger partial charge in [-0.2, -0.15) is 0 Å². The topological polar surface area (TPSA) is 29.3 Å². The summed E-state index contributed by atoms with van der Waals surface area (Å²) in [7, 11) is 0. The molecule has 134 valence electrons. The summed E-state index contributed by atoms with van der Waals surface area (Å²) in [6, 6.07) is 4.67. The van der Waals surface area contributed by atoms with Crippen LogP contribution >= 0.6 is 0 Å². The fourth-order valence-electron chi connectivity index (χ4n) is 3.06. The minimum atomic E-state index is 0.0988. The molecule has 1 N–H and O–H groups in total. The molecule has 1 unspecified atom stereocenters. The molecule has 0 aliphatic carbocycles. The Kier molecular flexibility index (Phi) is 4.78. The number of fused-ring (bicyclic) bond motifs is 1. The third kappa shape index (κ3) is 4.52. The molecule has 0 amide bonds. The normalized spacial score (nSPS) is 14.9. The van der Waals surface area contributed by atoms with Crippen molar-refractivity contribution < 1.29 is 0 Å². The Morgan fingerprint density at radius 2 is 1.62 bits per heavy atom. The van der Waals surface area contributed by atoms with Crippen LogP contribution in [-0.4, -0.2) is 15.4 Å². The fraction of sp³-hybridized carbons (Fsp3) is 0.667. The van der Waals surface area contributed by atoms with Gasteiger partial charge in [0.15, 0.2) is 0 Å². The lowest BCUT2D eigenvalue weighted by atomic mass is 9.77. The summed E-state index contributed by atoms with van der Waals surface area (Å²) in [6.45, 7) is 20.6. The molecule has 0 fully saturated rings. The van der Waals surface area contributed by atoms with Gasteiger partial charge >= 0.3 is 0 Å². The van der Waals surface area contributed by atoms with Crippen LogP contribution in [0.2, 0.25) is 0 Å². The summed E-state index contributed by atoms with van der Waals surface area (Å²) < 4.78 is 2.22.